The Labute approximate surface area is 186 Å². The van der Waals surface area contributed by atoms with Gasteiger partial charge < -0.3 is 14.4 Å². The number of aryl methyl sites for hydroxylation is 3. The van der Waals surface area contributed by atoms with Gasteiger partial charge in [0.25, 0.3) is 0 Å². The predicted octanol–water partition coefficient (Wildman–Crippen LogP) is 4.58. The molecule has 1 aliphatic carbocycles. The Balaban J connectivity index is 1.69. The van der Waals surface area contributed by atoms with Crippen molar-refractivity contribution in [2.45, 2.75) is 84.1 Å². The number of nitrogens with zero attached hydrogens (tertiary/aromatic N) is 3. The molecular formula is C25H37N3O3. The molecule has 1 saturated carbocycles. The van der Waals surface area contributed by atoms with E-state index < -0.39 is 0 Å². The first-order chi connectivity index (χ1) is 14.9. The van der Waals surface area contributed by atoms with Gasteiger partial charge in [0, 0.05) is 37.8 Å². The molecule has 1 atom stereocenters. The van der Waals surface area contributed by atoms with Gasteiger partial charge >= 0.3 is 0 Å². The minimum atomic E-state index is -0.0849. The largest absolute Gasteiger partial charge is 0.496 e. The highest BCUT2D eigenvalue weighted by atomic mass is 16.5. The number of Topliss-reactive ketones (excluding diaryl/α,β-unsaturated/α-hetero) is 1. The van der Waals surface area contributed by atoms with E-state index in [4.69, 9.17) is 4.74 Å². The third-order valence-electron chi connectivity index (χ3n) is 6.08. The van der Waals surface area contributed by atoms with E-state index >= 15 is 0 Å². The maximum atomic E-state index is 12.9. The average molecular weight is 428 g/mol. The summed E-state index contributed by atoms with van der Waals surface area (Å²) in [6.45, 7) is 6.51. The number of hydrogen-bond donors (Lipinski definition) is 1. The van der Waals surface area contributed by atoms with Crippen LogP contribution in [0.4, 0.5) is 0 Å². The van der Waals surface area contributed by atoms with Crippen LogP contribution in [0.2, 0.25) is 0 Å². The fourth-order valence-corrected chi connectivity index (χ4v) is 4.12. The summed E-state index contributed by atoms with van der Waals surface area (Å²) in [5.41, 5.74) is 2.19. The van der Waals surface area contributed by atoms with Crippen molar-refractivity contribution in [3.8, 4) is 5.75 Å². The number of aromatic nitrogens is 3. The Kier molecular flexibility index (Phi) is 8.24. The smallest absolute Gasteiger partial charge is 0.136 e. The van der Waals surface area contributed by atoms with Crippen LogP contribution in [0.3, 0.4) is 0 Å². The number of carbonyl (C=O) groups is 1. The SMILES string of the molecule is COc1cc(C)ccc1CCC(=O)CC(CCO)c1nnc(CCC(C)C)n1C1CC1. The Morgan fingerprint density at radius 3 is 2.65 bits per heavy atom. The lowest BCUT2D eigenvalue weighted by Gasteiger charge is -2.17. The zero-order chi connectivity index (χ0) is 22.4. The third kappa shape index (κ3) is 6.39. The highest BCUT2D eigenvalue weighted by Gasteiger charge is 2.32. The van der Waals surface area contributed by atoms with Crippen LogP contribution in [0.15, 0.2) is 18.2 Å². The predicted molar refractivity (Wildman–Crippen MR) is 122 cm³/mol. The van der Waals surface area contributed by atoms with Crippen LogP contribution < -0.4 is 4.74 Å². The topological polar surface area (TPSA) is 77.2 Å². The van der Waals surface area contributed by atoms with Crippen LogP contribution in [0.1, 0.15) is 87.1 Å². The first-order valence-corrected chi connectivity index (χ1v) is 11.6. The van der Waals surface area contributed by atoms with Crippen LogP contribution in [-0.4, -0.2) is 39.4 Å². The van der Waals surface area contributed by atoms with E-state index in [1.807, 2.05) is 25.1 Å². The second kappa shape index (κ2) is 10.9. The molecule has 1 N–H and O–H groups in total. The minimum absolute atomic E-state index is 0.0442. The fraction of sp³-hybridized carbons (Fsp3) is 0.640. The lowest BCUT2D eigenvalue weighted by molar-refractivity contribution is -0.119. The molecule has 0 amide bonds. The van der Waals surface area contributed by atoms with Crippen LogP contribution in [0.5, 0.6) is 5.75 Å². The number of aliphatic hydroxyl groups excluding tert-OH is 1. The number of benzene rings is 1. The van der Waals surface area contributed by atoms with Gasteiger partial charge in [0.1, 0.15) is 23.2 Å². The fourth-order valence-electron chi connectivity index (χ4n) is 4.12. The first kappa shape index (κ1) is 23.5. The van der Waals surface area contributed by atoms with Crippen LogP contribution >= 0.6 is 0 Å². The average Bonchev–Trinajstić information content (AvgIpc) is 3.49. The number of ether oxygens (including phenoxy) is 1. The summed E-state index contributed by atoms with van der Waals surface area (Å²) in [4.78, 5) is 12.9. The van der Waals surface area contributed by atoms with Gasteiger partial charge in [0.15, 0.2) is 0 Å². The lowest BCUT2D eigenvalue weighted by atomic mass is 9.94. The molecular weight excluding hydrogens is 390 g/mol. The van der Waals surface area contributed by atoms with Crippen molar-refractivity contribution in [3.05, 3.63) is 41.0 Å². The summed E-state index contributed by atoms with van der Waals surface area (Å²) in [5, 5.41) is 18.7. The lowest BCUT2D eigenvalue weighted by Crippen LogP contribution is -2.16. The standard InChI is InChI=1S/C25H37N3O3/c1-17(2)5-12-24-26-27-25(28(24)21-9-10-21)20(13-14-29)16-22(30)11-8-19-7-6-18(3)15-23(19)31-4/h6-7,15,17,20-21,29H,5,8-14,16H2,1-4H3. The molecule has 3 rings (SSSR count). The van der Waals surface area contributed by atoms with Gasteiger partial charge in [-0.15, -0.1) is 10.2 Å². The number of rotatable bonds is 13. The summed E-state index contributed by atoms with van der Waals surface area (Å²) in [5.74, 6) is 3.47. The third-order valence-corrected chi connectivity index (χ3v) is 6.08. The monoisotopic (exact) mass is 427 g/mol. The second-order valence-corrected chi connectivity index (χ2v) is 9.28. The van der Waals surface area contributed by atoms with E-state index in [1.165, 1.54) is 0 Å². The van der Waals surface area contributed by atoms with Gasteiger partial charge in [-0.25, -0.2) is 0 Å². The molecule has 1 aromatic heterocycles. The molecule has 31 heavy (non-hydrogen) atoms. The van der Waals surface area contributed by atoms with Crippen molar-refractivity contribution in [2.75, 3.05) is 13.7 Å². The van der Waals surface area contributed by atoms with Crippen molar-refractivity contribution < 1.29 is 14.6 Å². The van der Waals surface area contributed by atoms with Crippen molar-refractivity contribution in [3.63, 3.8) is 0 Å². The van der Waals surface area contributed by atoms with Crippen molar-refractivity contribution in [1.29, 1.82) is 0 Å². The van der Waals surface area contributed by atoms with Crippen molar-refractivity contribution >= 4 is 5.78 Å². The molecule has 6 heteroatoms. The number of hydrogen-bond acceptors (Lipinski definition) is 5. The molecule has 170 valence electrons. The molecule has 0 saturated heterocycles. The maximum absolute atomic E-state index is 12.9. The van der Waals surface area contributed by atoms with E-state index in [9.17, 15) is 9.90 Å². The highest BCUT2D eigenvalue weighted by Crippen LogP contribution is 2.39. The van der Waals surface area contributed by atoms with Crippen molar-refractivity contribution in [2.24, 2.45) is 5.92 Å². The Hall–Kier alpha value is -2.21. The van der Waals surface area contributed by atoms with Crippen LogP contribution in [0, 0.1) is 12.8 Å². The first-order valence-electron chi connectivity index (χ1n) is 11.6. The molecule has 2 aromatic rings. The van der Waals surface area contributed by atoms with Gasteiger partial charge in [-0.1, -0.05) is 26.0 Å². The zero-order valence-electron chi connectivity index (χ0n) is 19.4. The summed E-state index contributed by atoms with van der Waals surface area (Å²) in [6.07, 6.45) is 6.32. The van der Waals surface area contributed by atoms with Crippen molar-refractivity contribution in [1.82, 2.24) is 14.8 Å². The maximum Gasteiger partial charge on any atom is 0.136 e. The number of ketones is 1. The number of methoxy groups -OCH3 is 1. The van der Waals surface area contributed by atoms with Crippen LogP contribution in [-0.2, 0) is 17.6 Å². The quantitative estimate of drug-likeness (QED) is 0.506. The molecule has 6 nitrogen and oxygen atoms in total. The van der Waals surface area contributed by atoms with Crippen LogP contribution in [0.25, 0.3) is 0 Å². The van der Waals surface area contributed by atoms with E-state index in [0.717, 1.165) is 54.2 Å². The summed E-state index contributed by atoms with van der Waals surface area (Å²) in [6, 6.07) is 6.55. The van der Waals surface area contributed by atoms with Gasteiger partial charge in [-0.2, -0.15) is 0 Å². The van der Waals surface area contributed by atoms with Gasteiger partial charge in [-0.3, -0.25) is 4.79 Å². The second-order valence-electron chi connectivity index (χ2n) is 9.28. The zero-order valence-corrected chi connectivity index (χ0v) is 19.4. The van der Waals surface area contributed by atoms with Gasteiger partial charge in [0.2, 0.25) is 0 Å². The molecule has 0 radical (unpaired) electrons. The van der Waals surface area contributed by atoms with E-state index in [0.29, 0.717) is 37.6 Å². The Bertz CT molecular complexity index is 871. The summed E-state index contributed by atoms with van der Waals surface area (Å²) >= 11 is 0. The van der Waals surface area contributed by atoms with E-state index in [-0.39, 0.29) is 18.3 Å². The Morgan fingerprint density at radius 1 is 1.23 bits per heavy atom. The molecule has 1 heterocycles. The van der Waals surface area contributed by atoms with Gasteiger partial charge in [0.05, 0.1) is 7.11 Å². The molecule has 1 fully saturated rings. The van der Waals surface area contributed by atoms with Gasteiger partial charge in [-0.05, 0) is 62.1 Å². The molecule has 0 bridgehead atoms. The molecule has 1 aliphatic rings. The molecule has 1 aromatic carbocycles. The normalized spacial score (nSPS) is 14.8. The molecule has 0 aliphatic heterocycles. The number of carbonyl (C=O) groups excluding carboxylic acids is 1. The number of aliphatic hydroxyl groups is 1. The highest BCUT2D eigenvalue weighted by molar-refractivity contribution is 5.79. The summed E-state index contributed by atoms with van der Waals surface area (Å²) in [7, 11) is 1.67. The van der Waals surface area contributed by atoms with E-state index in [1.54, 1.807) is 7.11 Å². The molecule has 0 spiro atoms. The molecule has 1 unspecified atom stereocenters. The minimum Gasteiger partial charge on any atom is -0.496 e. The Morgan fingerprint density at radius 2 is 2.00 bits per heavy atom. The van der Waals surface area contributed by atoms with E-state index in [2.05, 4.69) is 28.6 Å². The summed E-state index contributed by atoms with van der Waals surface area (Å²) < 4.78 is 7.75.